The summed E-state index contributed by atoms with van der Waals surface area (Å²) in [5, 5.41) is 14.8. The van der Waals surface area contributed by atoms with E-state index in [4.69, 9.17) is 19.5 Å². The number of amides is 2. The molecule has 0 aromatic heterocycles. The number of urea groups is 1. The molecule has 0 radical (unpaired) electrons. The van der Waals surface area contributed by atoms with Crippen molar-refractivity contribution in [3.63, 3.8) is 0 Å². The molecule has 2 N–H and O–H groups in total. The second-order valence-corrected chi connectivity index (χ2v) is 8.40. The molecule has 37 heavy (non-hydrogen) atoms. The van der Waals surface area contributed by atoms with Crippen molar-refractivity contribution >= 4 is 12.0 Å². The van der Waals surface area contributed by atoms with E-state index in [0.29, 0.717) is 46.6 Å². The molecule has 0 spiro atoms. The fourth-order valence-electron chi connectivity index (χ4n) is 4.23. The zero-order valence-corrected chi connectivity index (χ0v) is 20.6. The molecule has 0 fully saturated rings. The highest BCUT2D eigenvalue weighted by molar-refractivity contribution is 5.95. The maximum Gasteiger partial charge on any atom is 0.338 e. The summed E-state index contributed by atoms with van der Waals surface area (Å²) in [7, 11) is 3.18. The molecule has 1 atom stereocenters. The van der Waals surface area contributed by atoms with Gasteiger partial charge in [-0.15, -0.1) is 0 Å². The van der Waals surface area contributed by atoms with Crippen LogP contribution in [0.4, 0.5) is 4.79 Å². The number of ether oxygens (including phenoxy) is 3. The van der Waals surface area contributed by atoms with E-state index in [-0.39, 0.29) is 6.61 Å². The van der Waals surface area contributed by atoms with Crippen LogP contribution in [0.25, 0.3) is 0 Å². The SMILES string of the molecule is COc1ccc(C2NC(=O)NC(CCc3ccccc3OC)=C2C(=O)OCc2cccc(C#N)c2)cc1. The van der Waals surface area contributed by atoms with Gasteiger partial charge < -0.3 is 24.8 Å². The maximum atomic E-state index is 13.5. The Morgan fingerprint density at radius 2 is 1.76 bits per heavy atom. The van der Waals surface area contributed by atoms with E-state index >= 15 is 0 Å². The lowest BCUT2D eigenvalue weighted by Crippen LogP contribution is -2.46. The molecule has 0 saturated carbocycles. The van der Waals surface area contributed by atoms with Crippen LogP contribution in [0.15, 0.2) is 84.1 Å². The van der Waals surface area contributed by atoms with Crippen LogP contribution in [0.5, 0.6) is 11.5 Å². The number of hydrogen-bond acceptors (Lipinski definition) is 6. The number of nitrogens with one attached hydrogen (secondary N) is 2. The summed E-state index contributed by atoms with van der Waals surface area (Å²) in [5.41, 5.74) is 3.63. The summed E-state index contributed by atoms with van der Waals surface area (Å²) < 4.78 is 16.4. The lowest BCUT2D eigenvalue weighted by Gasteiger charge is -2.29. The Hall–Kier alpha value is -4.77. The standard InChI is InChI=1S/C29H27N3O5/c1-35-23-13-10-22(11-14-23)27-26(28(33)37-18-20-7-5-6-19(16-20)17-30)24(31-29(34)32-27)15-12-21-8-3-4-9-25(21)36-2/h3-11,13-14,16,27H,12,15,18H2,1-2H3,(H2,31,32,34). The Kier molecular flexibility index (Phi) is 8.06. The quantitative estimate of drug-likeness (QED) is 0.420. The van der Waals surface area contributed by atoms with Crippen molar-refractivity contribution < 1.29 is 23.8 Å². The molecule has 3 aromatic carbocycles. The Balaban J connectivity index is 1.66. The number of esters is 1. The largest absolute Gasteiger partial charge is 0.497 e. The van der Waals surface area contributed by atoms with Gasteiger partial charge >= 0.3 is 12.0 Å². The number of benzene rings is 3. The molecule has 1 aliphatic rings. The van der Waals surface area contributed by atoms with Crippen LogP contribution >= 0.6 is 0 Å². The van der Waals surface area contributed by atoms with Crippen molar-refractivity contribution in [2.75, 3.05) is 14.2 Å². The van der Waals surface area contributed by atoms with Crippen molar-refractivity contribution in [2.24, 2.45) is 0 Å². The van der Waals surface area contributed by atoms with Crippen molar-refractivity contribution in [2.45, 2.75) is 25.5 Å². The van der Waals surface area contributed by atoms with Crippen molar-refractivity contribution in [3.05, 3.63) is 106 Å². The lowest BCUT2D eigenvalue weighted by molar-refractivity contribution is -0.140. The van der Waals surface area contributed by atoms with Gasteiger partial charge in [-0.3, -0.25) is 0 Å². The van der Waals surface area contributed by atoms with Crippen LogP contribution in [0.2, 0.25) is 0 Å². The predicted molar refractivity (Wildman–Crippen MR) is 137 cm³/mol. The van der Waals surface area contributed by atoms with Crippen LogP contribution in [-0.4, -0.2) is 26.2 Å². The Bertz CT molecular complexity index is 1360. The molecule has 3 aromatic rings. The normalized spacial score (nSPS) is 14.7. The van der Waals surface area contributed by atoms with Gasteiger partial charge in [0.2, 0.25) is 0 Å². The van der Waals surface area contributed by atoms with Crippen LogP contribution in [-0.2, 0) is 22.6 Å². The molecule has 0 aliphatic carbocycles. The average molecular weight is 498 g/mol. The molecule has 0 saturated heterocycles. The third-order valence-corrected chi connectivity index (χ3v) is 6.09. The Labute approximate surface area is 215 Å². The van der Waals surface area contributed by atoms with Crippen molar-refractivity contribution in [3.8, 4) is 17.6 Å². The number of methoxy groups -OCH3 is 2. The maximum absolute atomic E-state index is 13.5. The molecule has 4 rings (SSSR count). The number of rotatable bonds is 9. The van der Waals surface area contributed by atoms with Crippen LogP contribution < -0.4 is 20.1 Å². The van der Waals surface area contributed by atoms with Crippen LogP contribution in [0.1, 0.15) is 34.7 Å². The molecule has 8 heteroatoms. The minimum atomic E-state index is -0.717. The smallest absolute Gasteiger partial charge is 0.338 e. The van der Waals surface area contributed by atoms with E-state index in [0.717, 1.165) is 11.3 Å². The number of para-hydroxylation sites is 1. The van der Waals surface area contributed by atoms with Gasteiger partial charge in [0.15, 0.2) is 0 Å². The third kappa shape index (κ3) is 6.08. The zero-order chi connectivity index (χ0) is 26.2. The van der Waals surface area contributed by atoms with Gasteiger partial charge in [0, 0.05) is 5.70 Å². The van der Waals surface area contributed by atoms with Crippen molar-refractivity contribution in [1.82, 2.24) is 10.6 Å². The zero-order valence-electron chi connectivity index (χ0n) is 20.6. The molecule has 2 amide bonds. The number of carbonyl (C=O) groups is 2. The minimum Gasteiger partial charge on any atom is -0.497 e. The Morgan fingerprint density at radius 3 is 2.49 bits per heavy atom. The van der Waals surface area contributed by atoms with Gasteiger partial charge in [-0.05, 0) is 59.9 Å². The lowest BCUT2D eigenvalue weighted by atomic mass is 9.93. The van der Waals surface area contributed by atoms with Gasteiger partial charge in [-0.1, -0.05) is 42.5 Å². The molecule has 0 bridgehead atoms. The summed E-state index contributed by atoms with van der Waals surface area (Å²) >= 11 is 0. The van der Waals surface area contributed by atoms with Crippen molar-refractivity contribution in [1.29, 1.82) is 5.26 Å². The molecular formula is C29H27N3O5. The second-order valence-electron chi connectivity index (χ2n) is 8.40. The predicted octanol–water partition coefficient (Wildman–Crippen LogP) is 4.56. The first kappa shape index (κ1) is 25.3. The Morgan fingerprint density at radius 1 is 0.973 bits per heavy atom. The topological polar surface area (TPSA) is 110 Å². The number of aryl methyl sites for hydroxylation is 1. The summed E-state index contributed by atoms with van der Waals surface area (Å²) in [6, 6.07) is 22.6. The first-order valence-electron chi connectivity index (χ1n) is 11.7. The minimum absolute atomic E-state index is 0.0130. The van der Waals surface area contributed by atoms with E-state index in [1.807, 2.05) is 24.3 Å². The number of allylic oxidation sites excluding steroid dienone is 1. The molecular weight excluding hydrogens is 470 g/mol. The van der Waals surface area contributed by atoms with E-state index in [1.54, 1.807) is 62.8 Å². The van der Waals surface area contributed by atoms with E-state index < -0.39 is 18.0 Å². The van der Waals surface area contributed by atoms with Crippen LogP contribution in [0.3, 0.4) is 0 Å². The van der Waals surface area contributed by atoms with Crippen LogP contribution in [0, 0.1) is 11.3 Å². The van der Waals surface area contributed by atoms with E-state index in [9.17, 15) is 9.59 Å². The summed E-state index contributed by atoms with van der Waals surface area (Å²) in [4.78, 5) is 26.1. The highest BCUT2D eigenvalue weighted by Gasteiger charge is 2.33. The first-order chi connectivity index (χ1) is 18.0. The third-order valence-electron chi connectivity index (χ3n) is 6.09. The average Bonchev–Trinajstić information content (AvgIpc) is 2.94. The van der Waals surface area contributed by atoms with Gasteiger partial charge in [-0.25, -0.2) is 9.59 Å². The molecule has 1 heterocycles. The van der Waals surface area contributed by atoms with Gasteiger partial charge in [-0.2, -0.15) is 5.26 Å². The first-order valence-corrected chi connectivity index (χ1v) is 11.7. The van der Waals surface area contributed by atoms with Gasteiger partial charge in [0.1, 0.15) is 18.1 Å². The highest BCUT2D eigenvalue weighted by Crippen LogP contribution is 2.31. The fourth-order valence-corrected chi connectivity index (χ4v) is 4.23. The molecule has 1 aliphatic heterocycles. The van der Waals surface area contributed by atoms with Gasteiger partial charge in [0.25, 0.3) is 0 Å². The highest BCUT2D eigenvalue weighted by atomic mass is 16.5. The number of hydrogen-bond donors (Lipinski definition) is 2. The van der Waals surface area contributed by atoms with E-state index in [2.05, 4.69) is 16.7 Å². The van der Waals surface area contributed by atoms with Gasteiger partial charge in [0.05, 0.1) is 37.5 Å². The monoisotopic (exact) mass is 497 g/mol. The van der Waals surface area contributed by atoms with E-state index in [1.165, 1.54) is 0 Å². The fraction of sp³-hybridized carbons (Fsp3) is 0.207. The number of nitriles is 1. The molecule has 1 unspecified atom stereocenters. The summed E-state index contributed by atoms with van der Waals surface area (Å²) in [5.74, 6) is 0.827. The molecule has 188 valence electrons. The number of carbonyl (C=O) groups excluding carboxylic acids is 2. The summed E-state index contributed by atoms with van der Waals surface area (Å²) in [6.07, 6.45) is 0.921. The molecule has 8 nitrogen and oxygen atoms in total. The second kappa shape index (κ2) is 11.8. The number of nitrogens with zero attached hydrogens (tertiary/aromatic N) is 1. The summed E-state index contributed by atoms with van der Waals surface area (Å²) in [6.45, 7) is -0.0130.